The van der Waals surface area contributed by atoms with Crippen molar-refractivity contribution in [2.24, 2.45) is 0 Å². The van der Waals surface area contributed by atoms with Crippen molar-refractivity contribution >= 4 is 97.1 Å². The average Bonchev–Trinajstić information content (AvgIpc) is 4.08. The van der Waals surface area contributed by atoms with E-state index in [9.17, 15) is 10.5 Å². The zero-order chi connectivity index (χ0) is 41.1. The predicted octanol–water partition coefficient (Wildman–Crippen LogP) is 15.2. The standard InChI is InChI=1S/C56H30N4OS/c57-31-35-10-9-11-36(32-58)54(35)34-22-20-33(21-23-34)38-25-24-37(59-46-16-5-1-12-39(46)44-29-45-41-14-4-8-19-52(41)62-53(45)30-50(44)59)28-49(38)60-47-17-6-2-15-43(47)55-48(60)27-26-42-40-13-3-7-18-51(40)61-56(42)55/h1-30H. The fourth-order valence-corrected chi connectivity index (χ4v) is 11.0. The minimum Gasteiger partial charge on any atom is -0.455 e. The van der Waals surface area contributed by atoms with E-state index in [0.717, 1.165) is 82.8 Å². The van der Waals surface area contributed by atoms with E-state index in [1.54, 1.807) is 18.2 Å². The van der Waals surface area contributed by atoms with Crippen molar-refractivity contribution in [3.8, 4) is 45.8 Å². The number of benzene rings is 9. The van der Waals surface area contributed by atoms with E-state index < -0.39 is 0 Å². The van der Waals surface area contributed by atoms with Crippen LogP contribution >= 0.6 is 11.3 Å². The molecule has 0 spiro atoms. The van der Waals surface area contributed by atoms with Gasteiger partial charge in [0.2, 0.25) is 0 Å². The van der Waals surface area contributed by atoms with Crippen LogP contribution in [0.4, 0.5) is 0 Å². The summed E-state index contributed by atoms with van der Waals surface area (Å²) in [5.41, 5.74) is 12.7. The smallest absolute Gasteiger partial charge is 0.145 e. The number of rotatable bonds is 4. The van der Waals surface area contributed by atoms with Gasteiger partial charge in [-0.05, 0) is 83.9 Å². The third kappa shape index (κ3) is 4.81. The van der Waals surface area contributed by atoms with Crippen molar-refractivity contribution in [3.05, 3.63) is 193 Å². The van der Waals surface area contributed by atoms with Gasteiger partial charge in [-0.15, -0.1) is 11.3 Å². The third-order valence-electron chi connectivity index (χ3n) is 12.6. The summed E-state index contributed by atoms with van der Waals surface area (Å²) in [6.45, 7) is 0. The van der Waals surface area contributed by atoms with Crippen molar-refractivity contribution < 1.29 is 4.42 Å². The van der Waals surface area contributed by atoms with Crippen LogP contribution in [-0.2, 0) is 0 Å². The van der Waals surface area contributed by atoms with E-state index in [2.05, 4.69) is 161 Å². The maximum absolute atomic E-state index is 10.0. The summed E-state index contributed by atoms with van der Waals surface area (Å²) in [4.78, 5) is 0. The number of fused-ring (bicyclic) bond motifs is 13. The number of hydrogen-bond donors (Lipinski definition) is 0. The summed E-state index contributed by atoms with van der Waals surface area (Å²) in [7, 11) is 0. The number of nitriles is 2. The van der Waals surface area contributed by atoms with Gasteiger partial charge in [-0.2, -0.15) is 10.5 Å². The van der Waals surface area contributed by atoms with Gasteiger partial charge in [0.15, 0.2) is 0 Å². The molecule has 0 saturated heterocycles. The Morgan fingerprint density at radius 2 is 1.11 bits per heavy atom. The molecule has 0 aliphatic rings. The maximum Gasteiger partial charge on any atom is 0.145 e. The van der Waals surface area contributed by atoms with E-state index in [0.29, 0.717) is 16.7 Å². The minimum atomic E-state index is 0.475. The zero-order valence-corrected chi connectivity index (χ0v) is 33.7. The van der Waals surface area contributed by atoms with Crippen LogP contribution in [0.1, 0.15) is 11.1 Å². The molecule has 0 N–H and O–H groups in total. The SMILES string of the molecule is N#Cc1cccc(C#N)c1-c1ccc(-c2ccc(-n3c4ccccc4c4cc5c(cc43)sc3ccccc35)cc2-n2c3ccccc3c3c4oc5ccccc5c4ccc32)cc1. The highest BCUT2D eigenvalue weighted by Gasteiger charge is 2.23. The Labute approximate surface area is 358 Å². The lowest BCUT2D eigenvalue weighted by molar-refractivity contribution is 0.673. The number of furan rings is 1. The van der Waals surface area contributed by atoms with Crippen LogP contribution in [-0.4, -0.2) is 9.13 Å². The number of aromatic nitrogens is 2. The number of nitrogens with zero attached hydrogens (tertiary/aromatic N) is 4. The van der Waals surface area contributed by atoms with Gasteiger partial charge < -0.3 is 13.6 Å². The predicted molar refractivity (Wildman–Crippen MR) is 256 cm³/mol. The summed E-state index contributed by atoms with van der Waals surface area (Å²) in [6, 6.07) is 68.4. The highest BCUT2D eigenvalue weighted by molar-refractivity contribution is 7.25. The van der Waals surface area contributed by atoms with Gasteiger partial charge in [-0.1, -0.05) is 109 Å². The van der Waals surface area contributed by atoms with Crippen LogP contribution in [0.15, 0.2) is 186 Å². The topological polar surface area (TPSA) is 70.6 Å². The van der Waals surface area contributed by atoms with Gasteiger partial charge in [0.1, 0.15) is 11.2 Å². The third-order valence-corrected chi connectivity index (χ3v) is 13.8. The molecule has 286 valence electrons. The first-order chi connectivity index (χ1) is 30.7. The molecule has 4 aromatic heterocycles. The maximum atomic E-state index is 10.0. The van der Waals surface area contributed by atoms with Crippen LogP contribution in [0.25, 0.3) is 119 Å². The fourth-order valence-electron chi connectivity index (χ4n) is 9.91. The van der Waals surface area contributed by atoms with Gasteiger partial charge in [-0.25, -0.2) is 0 Å². The molecule has 0 bridgehead atoms. The molecule has 0 radical (unpaired) electrons. The molecule has 13 rings (SSSR count). The van der Waals surface area contributed by atoms with E-state index >= 15 is 0 Å². The van der Waals surface area contributed by atoms with Crippen LogP contribution in [0.3, 0.4) is 0 Å². The average molecular weight is 807 g/mol. The normalized spacial score (nSPS) is 11.8. The molecule has 4 heterocycles. The molecule has 0 amide bonds. The van der Waals surface area contributed by atoms with Gasteiger partial charge >= 0.3 is 0 Å². The van der Waals surface area contributed by atoms with Gasteiger partial charge in [-0.3, -0.25) is 0 Å². The van der Waals surface area contributed by atoms with Crippen molar-refractivity contribution in [2.75, 3.05) is 0 Å². The van der Waals surface area contributed by atoms with Gasteiger partial charge in [0, 0.05) is 63.9 Å². The lowest BCUT2D eigenvalue weighted by Crippen LogP contribution is -2.01. The first-order valence-corrected chi connectivity index (χ1v) is 21.4. The number of para-hydroxylation sites is 3. The van der Waals surface area contributed by atoms with Crippen molar-refractivity contribution in [1.82, 2.24) is 9.13 Å². The minimum absolute atomic E-state index is 0.475. The molecule has 5 nitrogen and oxygen atoms in total. The Morgan fingerprint density at radius 1 is 0.435 bits per heavy atom. The molecule has 62 heavy (non-hydrogen) atoms. The van der Waals surface area contributed by atoms with Crippen LogP contribution in [0.5, 0.6) is 0 Å². The Balaban J connectivity index is 1.11. The summed E-state index contributed by atoms with van der Waals surface area (Å²) >= 11 is 1.84. The van der Waals surface area contributed by atoms with Crippen molar-refractivity contribution in [1.29, 1.82) is 10.5 Å². The summed E-state index contributed by atoms with van der Waals surface area (Å²) < 4.78 is 14.1. The largest absolute Gasteiger partial charge is 0.455 e. The molecule has 0 aliphatic heterocycles. The quantitative estimate of drug-likeness (QED) is 0.178. The highest BCUT2D eigenvalue weighted by atomic mass is 32.1. The van der Waals surface area contributed by atoms with E-state index in [1.807, 2.05) is 35.6 Å². The molecule has 9 aromatic carbocycles. The van der Waals surface area contributed by atoms with E-state index in [-0.39, 0.29) is 0 Å². The summed E-state index contributed by atoms with van der Waals surface area (Å²) in [5.74, 6) is 0. The van der Waals surface area contributed by atoms with Crippen molar-refractivity contribution in [2.45, 2.75) is 0 Å². The first-order valence-electron chi connectivity index (χ1n) is 20.5. The molecule has 0 aliphatic carbocycles. The Kier molecular flexibility index (Phi) is 7.24. The molecule has 0 unspecified atom stereocenters. The molecule has 13 aromatic rings. The van der Waals surface area contributed by atoms with Crippen LogP contribution in [0.2, 0.25) is 0 Å². The van der Waals surface area contributed by atoms with Gasteiger partial charge in [0.25, 0.3) is 0 Å². The Morgan fingerprint density at radius 3 is 1.90 bits per heavy atom. The Bertz CT molecular complexity index is 4100. The van der Waals surface area contributed by atoms with Gasteiger partial charge in [0.05, 0.1) is 56.4 Å². The summed E-state index contributed by atoms with van der Waals surface area (Å²) in [5, 5.41) is 29.4. The molecule has 6 heteroatoms. The van der Waals surface area contributed by atoms with E-state index in [4.69, 9.17) is 4.42 Å². The molecular weight excluding hydrogens is 777 g/mol. The molecule has 0 saturated carbocycles. The lowest BCUT2D eigenvalue weighted by Gasteiger charge is -2.18. The number of hydrogen-bond acceptors (Lipinski definition) is 4. The monoisotopic (exact) mass is 806 g/mol. The lowest BCUT2D eigenvalue weighted by atomic mass is 9.93. The second-order valence-electron chi connectivity index (χ2n) is 15.8. The van der Waals surface area contributed by atoms with Crippen LogP contribution in [0, 0.1) is 22.7 Å². The molecular formula is C56H30N4OS. The molecule has 0 fully saturated rings. The second-order valence-corrected chi connectivity index (χ2v) is 16.9. The fraction of sp³-hybridized carbons (Fsp3) is 0. The van der Waals surface area contributed by atoms with Crippen molar-refractivity contribution in [3.63, 3.8) is 0 Å². The highest BCUT2D eigenvalue weighted by Crippen LogP contribution is 2.45. The number of thiophene rings is 1. The van der Waals surface area contributed by atoms with Crippen LogP contribution < -0.4 is 0 Å². The van der Waals surface area contributed by atoms with E-state index in [1.165, 1.54) is 30.9 Å². The molecule has 0 atom stereocenters. The summed E-state index contributed by atoms with van der Waals surface area (Å²) in [6.07, 6.45) is 0. The first kappa shape index (κ1) is 34.4. The zero-order valence-electron chi connectivity index (χ0n) is 32.9. The second kappa shape index (κ2) is 13.0. The Hall–Kier alpha value is -8.42.